The van der Waals surface area contributed by atoms with Crippen molar-refractivity contribution in [1.29, 1.82) is 0 Å². The third-order valence-electron chi connectivity index (χ3n) is 3.57. The second kappa shape index (κ2) is 5.47. The van der Waals surface area contributed by atoms with Gasteiger partial charge in [0, 0.05) is 6.54 Å². The van der Waals surface area contributed by atoms with E-state index < -0.39 is 0 Å². The molecule has 4 heteroatoms. The van der Waals surface area contributed by atoms with E-state index in [4.69, 9.17) is 11.5 Å². The molecule has 1 heterocycles. The molecule has 0 aromatic carbocycles. The Morgan fingerprint density at radius 3 is 2.67 bits per heavy atom. The molecule has 0 spiro atoms. The Hall–Kier alpha value is -0.610. The summed E-state index contributed by atoms with van der Waals surface area (Å²) in [6, 6.07) is -0.0915. The van der Waals surface area contributed by atoms with Crippen LogP contribution in [0.1, 0.15) is 26.7 Å². The van der Waals surface area contributed by atoms with Crippen LogP contribution in [0.4, 0.5) is 0 Å². The zero-order valence-corrected chi connectivity index (χ0v) is 9.78. The Bertz CT molecular complexity index is 220. The van der Waals surface area contributed by atoms with Crippen LogP contribution in [0.25, 0.3) is 0 Å². The maximum absolute atomic E-state index is 11.2. The number of piperidine rings is 1. The molecule has 4 N–H and O–H groups in total. The van der Waals surface area contributed by atoms with Crippen LogP contribution in [0.2, 0.25) is 0 Å². The van der Waals surface area contributed by atoms with E-state index in [1.165, 1.54) is 0 Å². The van der Waals surface area contributed by atoms with Gasteiger partial charge in [-0.15, -0.1) is 0 Å². The van der Waals surface area contributed by atoms with Crippen molar-refractivity contribution in [3.63, 3.8) is 0 Å². The summed E-state index contributed by atoms with van der Waals surface area (Å²) in [4.78, 5) is 13.5. The highest BCUT2D eigenvalue weighted by atomic mass is 16.1. The maximum Gasteiger partial charge on any atom is 0.234 e. The molecule has 15 heavy (non-hydrogen) atoms. The van der Waals surface area contributed by atoms with Crippen molar-refractivity contribution >= 4 is 5.91 Å². The van der Waals surface area contributed by atoms with E-state index in [9.17, 15) is 4.79 Å². The van der Waals surface area contributed by atoms with Crippen LogP contribution in [0, 0.1) is 11.8 Å². The summed E-state index contributed by atoms with van der Waals surface area (Å²) in [7, 11) is 0. The topological polar surface area (TPSA) is 72.4 Å². The average molecular weight is 213 g/mol. The molecule has 3 atom stereocenters. The van der Waals surface area contributed by atoms with E-state index in [-0.39, 0.29) is 11.9 Å². The number of amides is 1. The highest BCUT2D eigenvalue weighted by molar-refractivity contribution is 5.79. The van der Waals surface area contributed by atoms with Gasteiger partial charge in [-0.2, -0.15) is 0 Å². The number of rotatable bonds is 4. The fraction of sp³-hybridized carbons (Fsp3) is 0.909. The van der Waals surface area contributed by atoms with E-state index in [0.717, 1.165) is 32.5 Å². The summed E-state index contributed by atoms with van der Waals surface area (Å²) in [5.74, 6) is 0.972. The number of carbonyl (C=O) groups is 1. The number of primary amides is 1. The molecular weight excluding hydrogens is 190 g/mol. The van der Waals surface area contributed by atoms with Crippen molar-refractivity contribution in [2.45, 2.75) is 32.7 Å². The summed E-state index contributed by atoms with van der Waals surface area (Å²) >= 11 is 0. The molecule has 1 rings (SSSR count). The lowest BCUT2D eigenvalue weighted by Gasteiger charge is -2.39. The van der Waals surface area contributed by atoms with Gasteiger partial charge in [-0.1, -0.05) is 13.8 Å². The Morgan fingerprint density at radius 2 is 2.27 bits per heavy atom. The SMILES string of the molecule is CCC(C(N)=O)N1CCC(CN)C(C)C1. The van der Waals surface area contributed by atoms with E-state index in [1.807, 2.05) is 6.92 Å². The molecule has 0 bridgehead atoms. The van der Waals surface area contributed by atoms with Gasteiger partial charge in [-0.05, 0) is 37.8 Å². The number of hydrogen-bond acceptors (Lipinski definition) is 3. The highest BCUT2D eigenvalue weighted by Crippen LogP contribution is 2.24. The number of carbonyl (C=O) groups excluding carboxylic acids is 1. The first-order chi connectivity index (χ1) is 7.10. The first-order valence-corrected chi connectivity index (χ1v) is 5.83. The predicted octanol–water partition coefficient (Wildman–Crippen LogP) is 0.167. The Balaban J connectivity index is 2.56. The van der Waals surface area contributed by atoms with Gasteiger partial charge in [0.2, 0.25) is 5.91 Å². The molecule has 3 unspecified atom stereocenters. The second-order valence-electron chi connectivity index (χ2n) is 4.58. The van der Waals surface area contributed by atoms with Crippen LogP contribution < -0.4 is 11.5 Å². The molecule has 4 nitrogen and oxygen atoms in total. The molecule has 0 radical (unpaired) electrons. The van der Waals surface area contributed by atoms with E-state index in [1.54, 1.807) is 0 Å². The smallest absolute Gasteiger partial charge is 0.234 e. The lowest BCUT2D eigenvalue weighted by atomic mass is 9.86. The number of nitrogens with zero attached hydrogens (tertiary/aromatic N) is 1. The van der Waals surface area contributed by atoms with Crippen molar-refractivity contribution in [2.24, 2.45) is 23.3 Å². The van der Waals surface area contributed by atoms with Gasteiger partial charge in [-0.3, -0.25) is 9.69 Å². The Morgan fingerprint density at radius 1 is 1.60 bits per heavy atom. The van der Waals surface area contributed by atoms with Crippen LogP contribution in [0.5, 0.6) is 0 Å². The molecule has 0 aromatic heterocycles. The normalized spacial score (nSPS) is 30.1. The minimum absolute atomic E-state index is 0.0915. The minimum Gasteiger partial charge on any atom is -0.368 e. The fourth-order valence-corrected chi connectivity index (χ4v) is 2.50. The number of nitrogens with two attached hydrogens (primary N) is 2. The third-order valence-corrected chi connectivity index (χ3v) is 3.57. The van der Waals surface area contributed by atoms with Gasteiger partial charge in [0.05, 0.1) is 6.04 Å². The van der Waals surface area contributed by atoms with Crippen molar-refractivity contribution < 1.29 is 4.79 Å². The molecule has 0 aliphatic carbocycles. The Labute approximate surface area is 92.0 Å². The highest BCUT2D eigenvalue weighted by Gasteiger charge is 2.30. The fourth-order valence-electron chi connectivity index (χ4n) is 2.50. The quantitative estimate of drug-likeness (QED) is 0.699. The van der Waals surface area contributed by atoms with Gasteiger partial charge in [0.1, 0.15) is 0 Å². The van der Waals surface area contributed by atoms with Gasteiger partial charge in [0.25, 0.3) is 0 Å². The van der Waals surface area contributed by atoms with Crippen molar-refractivity contribution in [2.75, 3.05) is 19.6 Å². The standard InChI is InChI=1S/C11H23N3O/c1-3-10(11(13)15)14-5-4-9(6-12)8(2)7-14/h8-10H,3-7,12H2,1-2H3,(H2,13,15). The number of likely N-dealkylation sites (tertiary alicyclic amines) is 1. The molecule has 1 fully saturated rings. The maximum atomic E-state index is 11.2. The van der Waals surface area contributed by atoms with Gasteiger partial charge >= 0.3 is 0 Å². The summed E-state index contributed by atoms with van der Waals surface area (Å²) in [5, 5.41) is 0. The zero-order chi connectivity index (χ0) is 11.4. The summed E-state index contributed by atoms with van der Waals surface area (Å²) in [6.07, 6.45) is 1.89. The molecule has 0 saturated carbocycles. The molecular formula is C11H23N3O. The monoisotopic (exact) mass is 213 g/mol. The van der Waals surface area contributed by atoms with Gasteiger partial charge < -0.3 is 11.5 Å². The minimum atomic E-state index is -0.198. The van der Waals surface area contributed by atoms with Gasteiger partial charge in [-0.25, -0.2) is 0 Å². The van der Waals surface area contributed by atoms with E-state index >= 15 is 0 Å². The average Bonchev–Trinajstić information content (AvgIpc) is 2.18. The van der Waals surface area contributed by atoms with Crippen molar-refractivity contribution in [3.8, 4) is 0 Å². The van der Waals surface area contributed by atoms with Crippen LogP contribution in [0.15, 0.2) is 0 Å². The number of hydrogen-bond donors (Lipinski definition) is 2. The van der Waals surface area contributed by atoms with Crippen molar-refractivity contribution in [3.05, 3.63) is 0 Å². The Kier molecular flexibility index (Phi) is 4.54. The summed E-state index contributed by atoms with van der Waals surface area (Å²) in [5.41, 5.74) is 11.1. The first-order valence-electron chi connectivity index (χ1n) is 5.83. The lowest BCUT2D eigenvalue weighted by Crippen LogP contribution is -2.51. The molecule has 1 amide bonds. The van der Waals surface area contributed by atoms with Crippen LogP contribution in [-0.4, -0.2) is 36.5 Å². The van der Waals surface area contributed by atoms with Gasteiger partial charge in [0.15, 0.2) is 0 Å². The molecule has 1 aliphatic rings. The molecule has 1 saturated heterocycles. The third kappa shape index (κ3) is 2.92. The first kappa shape index (κ1) is 12.5. The van der Waals surface area contributed by atoms with Crippen LogP contribution >= 0.6 is 0 Å². The van der Waals surface area contributed by atoms with E-state index in [2.05, 4.69) is 11.8 Å². The summed E-state index contributed by atoms with van der Waals surface area (Å²) in [6.45, 7) is 6.87. The molecule has 0 aromatic rings. The van der Waals surface area contributed by atoms with Crippen LogP contribution in [-0.2, 0) is 4.79 Å². The van der Waals surface area contributed by atoms with E-state index in [0.29, 0.717) is 11.8 Å². The van der Waals surface area contributed by atoms with Crippen molar-refractivity contribution in [1.82, 2.24) is 4.90 Å². The predicted molar refractivity (Wildman–Crippen MR) is 61.2 cm³/mol. The second-order valence-corrected chi connectivity index (χ2v) is 4.58. The molecule has 88 valence electrons. The molecule has 1 aliphatic heterocycles. The zero-order valence-electron chi connectivity index (χ0n) is 9.78. The largest absolute Gasteiger partial charge is 0.368 e. The van der Waals surface area contributed by atoms with Crippen LogP contribution in [0.3, 0.4) is 0 Å². The lowest BCUT2D eigenvalue weighted by molar-refractivity contribution is -0.124. The summed E-state index contributed by atoms with van der Waals surface area (Å²) < 4.78 is 0.